The van der Waals surface area contributed by atoms with E-state index in [1.807, 2.05) is 36.4 Å². The Morgan fingerprint density at radius 1 is 0.828 bits per heavy atom. The summed E-state index contributed by atoms with van der Waals surface area (Å²) < 4.78 is 18.3. The molecule has 0 atom stereocenters. The Morgan fingerprint density at radius 2 is 1.62 bits per heavy atom. The Morgan fingerprint density at radius 3 is 2.38 bits per heavy atom. The van der Waals surface area contributed by atoms with Crippen LogP contribution in [0.4, 0.5) is 4.39 Å². The maximum atomic E-state index is 13.4. The highest BCUT2D eigenvalue weighted by Gasteiger charge is 2.16. The van der Waals surface area contributed by atoms with Crippen molar-refractivity contribution in [1.82, 2.24) is 25.1 Å². The minimum absolute atomic E-state index is 0.289. The number of H-pyrrole nitrogens is 1. The van der Waals surface area contributed by atoms with Crippen molar-refractivity contribution in [3.05, 3.63) is 85.3 Å². The molecule has 0 spiro atoms. The van der Waals surface area contributed by atoms with Gasteiger partial charge in [0.05, 0.1) is 11.4 Å². The zero-order valence-corrected chi connectivity index (χ0v) is 15.1. The fourth-order valence-electron chi connectivity index (χ4n) is 3.16. The first-order chi connectivity index (χ1) is 14.3. The van der Waals surface area contributed by atoms with Crippen LogP contribution in [0.2, 0.25) is 0 Å². The third-order valence-electron chi connectivity index (χ3n) is 4.55. The van der Waals surface area contributed by atoms with Crippen molar-refractivity contribution in [1.29, 1.82) is 0 Å². The number of hydrogen-bond donors (Lipinski definition) is 1. The quantitative estimate of drug-likeness (QED) is 0.473. The molecule has 29 heavy (non-hydrogen) atoms. The van der Waals surface area contributed by atoms with E-state index in [0.29, 0.717) is 11.6 Å². The van der Waals surface area contributed by atoms with Gasteiger partial charge < -0.3 is 9.51 Å². The van der Waals surface area contributed by atoms with E-state index in [1.165, 1.54) is 18.5 Å². The lowest BCUT2D eigenvalue weighted by Crippen LogP contribution is -1.85. The molecule has 140 valence electrons. The lowest BCUT2D eigenvalue weighted by molar-refractivity contribution is 0.419. The van der Waals surface area contributed by atoms with E-state index < -0.39 is 0 Å². The molecular weight excluding hydrogens is 369 g/mol. The number of aromatic nitrogens is 5. The molecule has 0 unspecified atom stereocenters. The van der Waals surface area contributed by atoms with E-state index in [1.54, 1.807) is 24.5 Å². The topological polar surface area (TPSA) is 80.5 Å². The average molecular weight is 383 g/mol. The van der Waals surface area contributed by atoms with Crippen molar-refractivity contribution in [3.63, 3.8) is 0 Å². The Kier molecular flexibility index (Phi) is 4.18. The molecule has 0 aliphatic heterocycles. The van der Waals surface area contributed by atoms with Crippen LogP contribution in [0.5, 0.6) is 0 Å². The van der Waals surface area contributed by atoms with Crippen LogP contribution in [0.15, 0.2) is 84.0 Å². The second-order valence-corrected chi connectivity index (χ2v) is 6.39. The molecule has 1 N–H and O–H groups in total. The SMILES string of the molecule is Fc1ccc(-c2nc(-c3cccc(-c4ncon4)c3)[nH]c2-c2ccncc2)cc1. The Hall–Kier alpha value is -4.13. The fourth-order valence-corrected chi connectivity index (χ4v) is 3.16. The van der Waals surface area contributed by atoms with Gasteiger partial charge in [-0.2, -0.15) is 4.98 Å². The van der Waals surface area contributed by atoms with Crippen molar-refractivity contribution in [2.24, 2.45) is 0 Å². The summed E-state index contributed by atoms with van der Waals surface area (Å²) in [4.78, 5) is 16.4. The highest BCUT2D eigenvalue weighted by Crippen LogP contribution is 2.33. The van der Waals surface area contributed by atoms with Crippen LogP contribution in [0, 0.1) is 5.82 Å². The molecule has 0 aliphatic carbocycles. The predicted molar refractivity (Wildman–Crippen MR) is 106 cm³/mol. The summed E-state index contributed by atoms with van der Waals surface area (Å²) in [6, 6.07) is 17.8. The van der Waals surface area contributed by atoms with Crippen LogP contribution < -0.4 is 0 Å². The van der Waals surface area contributed by atoms with Gasteiger partial charge in [0.2, 0.25) is 12.2 Å². The standard InChI is InChI=1S/C22H14FN5O/c23-18-6-4-14(5-7-18)19-20(15-8-10-24-11-9-15)27-22(26-19)17-3-1-2-16(12-17)21-25-13-29-28-21/h1-13H,(H,26,27). The number of imidazole rings is 1. The number of benzene rings is 2. The zero-order chi connectivity index (χ0) is 19.6. The summed E-state index contributed by atoms with van der Waals surface area (Å²) in [5, 5.41) is 3.89. The zero-order valence-electron chi connectivity index (χ0n) is 15.1. The van der Waals surface area contributed by atoms with Gasteiger partial charge in [-0.15, -0.1) is 0 Å². The van der Waals surface area contributed by atoms with Gasteiger partial charge in [-0.1, -0.05) is 23.4 Å². The number of rotatable bonds is 4. The smallest absolute Gasteiger partial charge is 0.214 e. The normalized spacial score (nSPS) is 10.9. The lowest BCUT2D eigenvalue weighted by Gasteiger charge is -2.02. The third-order valence-corrected chi connectivity index (χ3v) is 4.55. The van der Waals surface area contributed by atoms with Crippen LogP contribution in [0.3, 0.4) is 0 Å². The second-order valence-electron chi connectivity index (χ2n) is 6.39. The highest BCUT2D eigenvalue weighted by molar-refractivity contribution is 5.81. The van der Waals surface area contributed by atoms with E-state index >= 15 is 0 Å². The minimum atomic E-state index is -0.289. The Bertz CT molecular complexity index is 1250. The molecule has 0 saturated carbocycles. The van der Waals surface area contributed by atoms with Crippen molar-refractivity contribution < 1.29 is 8.91 Å². The monoisotopic (exact) mass is 383 g/mol. The maximum Gasteiger partial charge on any atom is 0.214 e. The molecular formula is C22H14FN5O. The molecule has 5 rings (SSSR count). The first kappa shape index (κ1) is 17.0. The summed E-state index contributed by atoms with van der Waals surface area (Å²) in [6.45, 7) is 0. The second kappa shape index (κ2) is 7.12. The van der Waals surface area contributed by atoms with Crippen LogP contribution in [-0.2, 0) is 0 Å². The summed E-state index contributed by atoms with van der Waals surface area (Å²) in [6.07, 6.45) is 4.74. The van der Waals surface area contributed by atoms with Gasteiger partial charge in [-0.25, -0.2) is 9.37 Å². The van der Waals surface area contributed by atoms with Gasteiger partial charge in [0.1, 0.15) is 11.6 Å². The predicted octanol–water partition coefficient (Wildman–Crippen LogP) is 4.99. The number of pyridine rings is 1. The molecule has 3 aromatic heterocycles. The van der Waals surface area contributed by atoms with E-state index in [4.69, 9.17) is 9.51 Å². The number of nitrogens with one attached hydrogen (secondary N) is 1. The van der Waals surface area contributed by atoms with Gasteiger partial charge in [0.15, 0.2) is 0 Å². The summed E-state index contributed by atoms with van der Waals surface area (Å²) in [7, 11) is 0. The molecule has 3 heterocycles. The lowest BCUT2D eigenvalue weighted by atomic mass is 10.1. The number of aromatic amines is 1. The van der Waals surface area contributed by atoms with Crippen molar-refractivity contribution in [3.8, 4) is 45.3 Å². The average Bonchev–Trinajstić information content (AvgIpc) is 3.46. The van der Waals surface area contributed by atoms with Gasteiger partial charge in [-0.3, -0.25) is 4.98 Å². The molecule has 0 bridgehead atoms. The van der Waals surface area contributed by atoms with Crippen molar-refractivity contribution >= 4 is 0 Å². The molecule has 0 fully saturated rings. The first-order valence-corrected chi connectivity index (χ1v) is 8.91. The largest absolute Gasteiger partial charge is 0.342 e. The molecule has 0 saturated heterocycles. The van der Waals surface area contributed by atoms with E-state index in [9.17, 15) is 4.39 Å². The van der Waals surface area contributed by atoms with E-state index in [0.717, 1.165) is 33.6 Å². The van der Waals surface area contributed by atoms with Crippen molar-refractivity contribution in [2.45, 2.75) is 0 Å². The molecule has 7 heteroatoms. The van der Waals surface area contributed by atoms with Crippen LogP contribution in [-0.4, -0.2) is 25.1 Å². The molecule has 6 nitrogen and oxygen atoms in total. The highest BCUT2D eigenvalue weighted by atomic mass is 19.1. The third kappa shape index (κ3) is 3.29. The van der Waals surface area contributed by atoms with E-state index in [-0.39, 0.29) is 5.82 Å². The molecule has 0 amide bonds. The first-order valence-electron chi connectivity index (χ1n) is 8.91. The van der Waals surface area contributed by atoms with Crippen LogP contribution >= 0.6 is 0 Å². The molecule has 2 aromatic carbocycles. The maximum absolute atomic E-state index is 13.4. The number of halogens is 1. The fraction of sp³-hybridized carbons (Fsp3) is 0. The van der Waals surface area contributed by atoms with E-state index in [2.05, 4.69) is 20.1 Å². The summed E-state index contributed by atoms with van der Waals surface area (Å²) in [5.74, 6) is 0.899. The van der Waals surface area contributed by atoms with Gasteiger partial charge >= 0.3 is 0 Å². The summed E-state index contributed by atoms with van der Waals surface area (Å²) >= 11 is 0. The van der Waals surface area contributed by atoms with Crippen molar-refractivity contribution in [2.75, 3.05) is 0 Å². The minimum Gasteiger partial charge on any atom is -0.342 e. The van der Waals surface area contributed by atoms with Gasteiger partial charge in [0, 0.05) is 34.6 Å². The van der Waals surface area contributed by atoms with Crippen LogP contribution in [0.1, 0.15) is 0 Å². The van der Waals surface area contributed by atoms with Crippen LogP contribution in [0.25, 0.3) is 45.3 Å². The molecule has 0 radical (unpaired) electrons. The van der Waals surface area contributed by atoms with Gasteiger partial charge in [0.25, 0.3) is 0 Å². The molecule has 5 aromatic rings. The number of hydrogen-bond acceptors (Lipinski definition) is 5. The molecule has 0 aliphatic rings. The summed E-state index contributed by atoms with van der Waals surface area (Å²) in [5.41, 5.74) is 5.01. The van der Waals surface area contributed by atoms with Gasteiger partial charge in [-0.05, 0) is 42.5 Å². The Balaban J connectivity index is 1.65. The number of nitrogens with zero attached hydrogens (tertiary/aromatic N) is 4. The Labute approximate surface area is 165 Å².